The van der Waals surface area contributed by atoms with Crippen LogP contribution in [0.2, 0.25) is 0 Å². The Kier molecular flexibility index (Phi) is 5.89. The number of rotatable bonds is 7. The predicted molar refractivity (Wildman–Crippen MR) is 113 cm³/mol. The van der Waals surface area contributed by atoms with Gasteiger partial charge in [-0.1, -0.05) is 38.1 Å². The van der Waals surface area contributed by atoms with E-state index in [-0.39, 0.29) is 4.90 Å². The topological polar surface area (TPSA) is 64.0 Å². The van der Waals surface area contributed by atoms with E-state index in [9.17, 15) is 8.42 Å². The van der Waals surface area contributed by atoms with Crippen molar-refractivity contribution in [3.05, 3.63) is 77.1 Å². The summed E-state index contributed by atoms with van der Waals surface area (Å²) in [4.78, 5) is 0.270. The molecule has 1 heterocycles. The lowest BCUT2D eigenvalue weighted by Gasteiger charge is -2.12. The van der Waals surface area contributed by atoms with Crippen molar-refractivity contribution in [2.24, 2.45) is 0 Å². The van der Waals surface area contributed by atoms with E-state index in [1.807, 2.05) is 48.9 Å². The zero-order chi connectivity index (χ0) is 20.3. The third-order valence-electron chi connectivity index (χ3n) is 5.01. The number of hydrogen-bond donors (Lipinski definition) is 1. The Bertz CT molecular complexity index is 1040. The highest BCUT2D eigenvalue weighted by Gasteiger charge is 2.15. The van der Waals surface area contributed by atoms with Crippen LogP contribution in [-0.2, 0) is 16.6 Å². The van der Waals surface area contributed by atoms with Gasteiger partial charge >= 0.3 is 0 Å². The number of sulfonamides is 1. The number of nitrogens with zero attached hydrogens (tertiary/aromatic N) is 2. The van der Waals surface area contributed by atoms with Crippen LogP contribution in [-0.4, -0.2) is 18.2 Å². The number of anilines is 1. The van der Waals surface area contributed by atoms with E-state index in [0.29, 0.717) is 18.2 Å². The maximum absolute atomic E-state index is 12.7. The van der Waals surface area contributed by atoms with E-state index in [1.165, 1.54) is 0 Å². The SMILES string of the molecule is CCC(C)c1ccc(S(=O)(=O)Nc2ccc(Cn3nc(C)cc3C)cc2)cc1. The first-order valence-corrected chi connectivity index (χ1v) is 11.0. The molecule has 0 fully saturated rings. The van der Waals surface area contributed by atoms with Crippen molar-refractivity contribution in [2.45, 2.75) is 51.5 Å². The van der Waals surface area contributed by atoms with Gasteiger partial charge in [0.05, 0.1) is 17.1 Å². The highest BCUT2D eigenvalue weighted by atomic mass is 32.2. The smallest absolute Gasteiger partial charge is 0.261 e. The lowest BCUT2D eigenvalue weighted by Crippen LogP contribution is -2.13. The molecule has 1 atom stereocenters. The number of aromatic nitrogens is 2. The van der Waals surface area contributed by atoms with Gasteiger partial charge in [0.2, 0.25) is 0 Å². The molecule has 0 aliphatic carbocycles. The molecule has 0 saturated heterocycles. The Morgan fingerprint density at radius 1 is 1.04 bits per heavy atom. The van der Waals surface area contributed by atoms with Gasteiger partial charge in [-0.2, -0.15) is 5.10 Å². The number of aryl methyl sites for hydroxylation is 2. The third-order valence-corrected chi connectivity index (χ3v) is 6.41. The summed E-state index contributed by atoms with van der Waals surface area (Å²) in [6.07, 6.45) is 1.02. The molecule has 0 aliphatic rings. The molecule has 5 nitrogen and oxygen atoms in total. The molecule has 1 unspecified atom stereocenters. The minimum Gasteiger partial charge on any atom is -0.280 e. The molecule has 0 saturated carbocycles. The fourth-order valence-electron chi connectivity index (χ4n) is 3.11. The van der Waals surface area contributed by atoms with Crippen LogP contribution in [0.25, 0.3) is 0 Å². The molecule has 0 bridgehead atoms. The largest absolute Gasteiger partial charge is 0.280 e. The van der Waals surface area contributed by atoms with E-state index < -0.39 is 10.0 Å². The average molecular weight is 398 g/mol. The number of hydrogen-bond acceptors (Lipinski definition) is 3. The predicted octanol–water partition coefficient (Wildman–Crippen LogP) is 4.86. The van der Waals surface area contributed by atoms with Crippen molar-refractivity contribution in [3.8, 4) is 0 Å². The number of benzene rings is 2. The molecular formula is C22H27N3O2S. The highest BCUT2D eigenvalue weighted by molar-refractivity contribution is 7.92. The van der Waals surface area contributed by atoms with Gasteiger partial charge < -0.3 is 0 Å². The second kappa shape index (κ2) is 8.19. The van der Waals surface area contributed by atoms with Crippen LogP contribution in [0.5, 0.6) is 0 Å². The molecule has 148 valence electrons. The van der Waals surface area contributed by atoms with Crippen LogP contribution in [0.4, 0.5) is 5.69 Å². The average Bonchev–Trinajstić information content (AvgIpc) is 2.99. The summed E-state index contributed by atoms with van der Waals surface area (Å²) < 4.78 is 29.9. The summed E-state index contributed by atoms with van der Waals surface area (Å²) in [5.41, 5.74) is 4.84. The van der Waals surface area contributed by atoms with Crippen LogP contribution in [0, 0.1) is 13.8 Å². The summed E-state index contributed by atoms with van der Waals surface area (Å²) in [7, 11) is -3.61. The maximum atomic E-state index is 12.7. The van der Waals surface area contributed by atoms with Crippen molar-refractivity contribution in [1.82, 2.24) is 9.78 Å². The van der Waals surface area contributed by atoms with Crippen molar-refractivity contribution in [3.63, 3.8) is 0 Å². The van der Waals surface area contributed by atoms with Crippen LogP contribution < -0.4 is 4.72 Å². The van der Waals surface area contributed by atoms with Gasteiger partial charge in [0, 0.05) is 11.4 Å². The fraction of sp³-hybridized carbons (Fsp3) is 0.318. The highest BCUT2D eigenvalue weighted by Crippen LogP contribution is 2.22. The van der Waals surface area contributed by atoms with Gasteiger partial charge in [-0.25, -0.2) is 8.42 Å². The molecule has 28 heavy (non-hydrogen) atoms. The fourth-order valence-corrected chi connectivity index (χ4v) is 4.17. The minimum atomic E-state index is -3.61. The monoisotopic (exact) mass is 397 g/mol. The Morgan fingerprint density at radius 2 is 1.68 bits per heavy atom. The molecule has 3 aromatic rings. The maximum Gasteiger partial charge on any atom is 0.261 e. The Morgan fingerprint density at radius 3 is 2.21 bits per heavy atom. The van der Waals surface area contributed by atoms with E-state index in [4.69, 9.17) is 0 Å². The normalized spacial score (nSPS) is 12.7. The zero-order valence-electron chi connectivity index (χ0n) is 16.8. The van der Waals surface area contributed by atoms with Crippen molar-refractivity contribution < 1.29 is 8.42 Å². The van der Waals surface area contributed by atoms with Crippen LogP contribution in [0.1, 0.15) is 48.7 Å². The molecular weight excluding hydrogens is 370 g/mol. The Hall–Kier alpha value is -2.60. The van der Waals surface area contributed by atoms with E-state index in [1.54, 1.807) is 24.3 Å². The third kappa shape index (κ3) is 4.62. The molecule has 1 aromatic heterocycles. The Labute approximate surface area is 167 Å². The van der Waals surface area contributed by atoms with E-state index >= 15 is 0 Å². The van der Waals surface area contributed by atoms with Crippen LogP contribution in [0.3, 0.4) is 0 Å². The number of nitrogens with one attached hydrogen (secondary N) is 1. The molecule has 1 N–H and O–H groups in total. The first-order chi connectivity index (χ1) is 13.3. The summed E-state index contributed by atoms with van der Waals surface area (Å²) in [5.74, 6) is 0.416. The van der Waals surface area contributed by atoms with Gasteiger partial charge in [-0.05, 0) is 67.6 Å². The van der Waals surface area contributed by atoms with Gasteiger partial charge in [-0.15, -0.1) is 0 Å². The second-order valence-electron chi connectivity index (χ2n) is 7.27. The summed E-state index contributed by atoms with van der Waals surface area (Å²) in [6.45, 7) is 8.90. The minimum absolute atomic E-state index is 0.270. The molecule has 0 spiro atoms. The van der Waals surface area contributed by atoms with Crippen LogP contribution >= 0.6 is 0 Å². The van der Waals surface area contributed by atoms with Gasteiger partial charge in [0.1, 0.15) is 0 Å². The molecule has 0 radical (unpaired) electrons. The molecule has 6 heteroatoms. The lowest BCUT2D eigenvalue weighted by atomic mass is 9.99. The van der Waals surface area contributed by atoms with E-state index in [2.05, 4.69) is 23.7 Å². The first-order valence-electron chi connectivity index (χ1n) is 9.51. The lowest BCUT2D eigenvalue weighted by molar-refractivity contribution is 0.601. The zero-order valence-corrected chi connectivity index (χ0v) is 17.6. The summed E-state index contributed by atoms with van der Waals surface area (Å²) in [6, 6.07) is 16.6. The molecule has 0 amide bonds. The molecule has 0 aliphatic heterocycles. The van der Waals surface area contributed by atoms with Gasteiger partial charge in [0.15, 0.2) is 0 Å². The van der Waals surface area contributed by atoms with Gasteiger partial charge in [0.25, 0.3) is 10.0 Å². The quantitative estimate of drug-likeness (QED) is 0.619. The van der Waals surface area contributed by atoms with Crippen molar-refractivity contribution >= 4 is 15.7 Å². The van der Waals surface area contributed by atoms with E-state index in [0.717, 1.165) is 28.9 Å². The summed E-state index contributed by atoms with van der Waals surface area (Å²) in [5, 5.41) is 4.46. The molecule has 3 rings (SSSR count). The Balaban J connectivity index is 1.71. The summed E-state index contributed by atoms with van der Waals surface area (Å²) >= 11 is 0. The van der Waals surface area contributed by atoms with Crippen LogP contribution in [0.15, 0.2) is 59.5 Å². The first kappa shape index (κ1) is 20.1. The standard InChI is InChI=1S/C22H27N3O2S/c1-5-16(2)20-8-12-22(13-9-20)28(26,27)24-21-10-6-19(7-11-21)15-25-18(4)14-17(3)23-25/h6-14,16,24H,5,15H2,1-4H3. The van der Waals surface area contributed by atoms with Crippen molar-refractivity contribution in [2.75, 3.05) is 4.72 Å². The van der Waals surface area contributed by atoms with Gasteiger partial charge in [-0.3, -0.25) is 9.40 Å². The molecule has 2 aromatic carbocycles. The second-order valence-corrected chi connectivity index (χ2v) is 8.95. The van der Waals surface area contributed by atoms with Crippen molar-refractivity contribution in [1.29, 1.82) is 0 Å².